The number of halogens is 3. The van der Waals surface area contributed by atoms with E-state index in [4.69, 9.17) is 4.84 Å². The molecule has 0 aliphatic carbocycles. The average Bonchev–Trinajstić information content (AvgIpc) is 3.16. The van der Waals surface area contributed by atoms with Crippen molar-refractivity contribution >= 4 is 17.5 Å². The van der Waals surface area contributed by atoms with Crippen molar-refractivity contribution < 1.29 is 32.7 Å². The Balaban J connectivity index is 1.56. The molecule has 36 heavy (non-hydrogen) atoms. The Kier molecular flexibility index (Phi) is 5.56. The van der Waals surface area contributed by atoms with Crippen LogP contribution in [-0.2, 0) is 11.4 Å². The van der Waals surface area contributed by atoms with Crippen LogP contribution in [0.15, 0.2) is 34.3 Å². The third kappa shape index (κ3) is 3.62. The largest absolute Gasteiger partial charge is 0.503 e. The zero-order valence-electron chi connectivity index (χ0n) is 19.4. The maximum Gasteiger partial charge on any atom is 0.274 e. The number of aromatic hydroxyl groups is 1. The molecule has 2 amide bonds. The highest BCUT2D eigenvalue weighted by Crippen LogP contribution is 2.46. The summed E-state index contributed by atoms with van der Waals surface area (Å²) >= 11 is 0. The maximum atomic E-state index is 15.2. The summed E-state index contributed by atoms with van der Waals surface area (Å²) in [6, 6.07) is 1.23. The molecule has 2 bridgehead atoms. The molecule has 4 heterocycles. The molecule has 190 valence electrons. The van der Waals surface area contributed by atoms with Crippen molar-refractivity contribution in [2.24, 2.45) is 5.16 Å². The summed E-state index contributed by atoms with van der Waals surface area (Å²) in [5, 5.41) is 17.1. The number of hydrogen-bond acceptors (Lipinski definition) is 6. The van der Waals surface area contributed by atoms with Crippen molar-refractivity contribution in [2.75, 3.05) is 6.54 Å². The van der Waals surface area contributed by atoms with Crippen molar-refractivity contribution in [2.45, 2.75) is 57.1 Å². The Labute approximate surface area is 203 Å². The number of oxime groups is 1. The number of rotatable bonds is 3. The number of carbonyl (C=O) groups excluding carboxylic acids is 2. The van der Waals surface area contributed by atoms with Gasteiger partial charge in [0.15, 0.2) is 17.0 Å². The molecular formula is C24H23F3N4O5. The number of alkyl halides is 1. The molecule has 2 aromatic rings. The lowest BCUT2D eigenvalue weighted by Crippen LogP contribution is -2.52. The van der Waals surface area contributed by atoms with Crippen molar-refractivity contribution in [1.29, 1.82) is 0 Å². The summed E-state index contributed by atoms with van der Waals surface area (Å²) in [7, 11) is 0. The fourth-order valence-electron chi connectivity index (χ4n) is 5.23. The molecule has 2 N–H and O–H groups in total. The molecular weight excluding hydrogens is 481 g/mol. The van der Waals surface area contributed by atoms with Gasteiger partial charge in [0.1, 0.15) is 23.4 Å². The second kappa shape index (κ2) is 8.38. The summed E-state index contributed by atoms with van der Waals surface area (Å²) in [5.74, 6) is -4.30. The lowest BCUT2D eigenvalue weighted by Gasteiger charge is -2.41. The van der Waals surface area contributed by atoms with Gasteiger partial charge in [0, 0.05) is 43.8 Å². The van der Waals surface area contributed by atoms with Crippen LogP contribution in [0.5, 0.6) is 5.75 Å². The average molecular weight is 504 g/mol. The Morgan fingerprint density at radius 1 is 1.33 bits per heavy atom. The van der Waals surface area contributed by atoms with Gasteiger partial charge in [-0.15, -0.1) is 0 Å². The fourth-order valence-corrected chi connectivity index (χ4v) is 5.23. The minimum atomic E-state index is -1.46. The van der Waals surface area contributed by atoms with Gasteiger partial charge < -0.3 is 24.7 Å². The van der Waals surface area contributed by atoms with E-state index in [1.54, 1.807) is 13.8 Å². The number of amides is 2. The predicted molar refractivity (Wildman–Crippen MR) is 120 cm³/mol. The van der Waals surface area contributed by atoms with Crippen molar-refractivity contribution in [3.8, 4) is 5.75 Å². The molecule has 1 spiro atoms. The molecule has 9 nitrogen and oxygen atoms in total. The van der Waals surface area contributed by atoms with Gasteiger partial charge in [-0.25, -0.2) is 13.2 Å². The maximum absolute atomic E-state index is 15.2. The van der Waals surface area contributed by atoms with E-state index >= 15 is 4.39 Å². The monoisotopic (exact) mass is 504 g/mol. The predicted octanol–water partition coefficient (Wildman–Crippen LogP) is 2.42. The molecule has 1 aromatic carbocycles. The van der Waals surface area contributed by atoms with E-state index in [0.29, 0.717) is 11.8 Å². The second-order valence-corrected chi connectivity index (χ2v) is 9.49. The third-order valence-corrected chi connectivity index (χ3v) is 7.18. The summed E-state index contributed by atoms with van der Waals surface area (Å²) < 4.78 is 43.6. The van der Waals surface area contributed by atoms with Gasteiger partial charge >= 0.3 is 0 Å². The number of hydrogen-bond donors (Lipinski definition) is 2. The van der Waals surface area contributed by atoms with E-state index in [9.17, 15) is 28.3 Å². The highest BCUT2D eigenvalue weighted by molar-refractivity contribution is 5.99. The Morgan fingerprint density at radius 2 is 2.08 bits per heavy atom. The molecule has 1 fully saturated rings. The van der Waals surface area contributed by atoms with E-state index in [0.717, 1.165) is 18.3 Å². The van der Waals surface area contributed by atoms with Gasteiger partial charge in [-0.2, -0.15) is 0 Å². The Bertz CT molecular complexity index is 1380. The Morgan fingerprint density at radius 3 is 2.75 bits per heavy atom. The standard InChI is InChI=1S/C24H23F3N4O5/c1-11-6-24(36-29-11)7-17(27)12(2)30-10-18(24)31-9-15(20(32)21(33)19(31)23(30)35)22(34)28-8-13-3-4-14(25)5-16(13)26/h3-5,9,12,17-18,33H,6-8,10H2,1-2H3,(H,28,34)/t12-,17-,18+,24+/m0/s1. The summed E-state index contributed by atoms with van der Waals surface area (Å²) in [6.07, 6.45) is -0.168. The van der Waals surface area contributed by atoms with Gasteiger partial charge in [0.2, 0.25) is 5.43 Å². The molecule has 12 heteroatoms. The minimum absolute atomic E-state index is 0.0143. The molecule has 3 aliphatic heterocycles. The van der Waals surface area contributed by atoms with Crippen LogP contribution < -0.4 is 10.7 Å². The second-order valence-electron chi connectivity index (χ2n) is 9.49. The van der Waals surface area contributed by atoms with Gasteiger partial charge in [-0.05, 0) is 19.9 Å². The SMILES string of the molecule is CC1=NO[C@]2(C1)C[C@H](F)[C@H](C)N1C[C@H]2n2cc(C(=O)NCc3ccc(F)cc3F)c(=O)c(O)c2C1=O. The van der Waals surface area contributed by atoms with Crippen LogP contribution in [0, 0.1) is 11.6 Å². The number of nitrogens with one attached hydrogen (secondary N) is 1. The molecule has 0 radical (unpaired) electrons. The van der Waals surface area contributed by atoms with Crippen molar-refractivity contribution in [1.82, 2.24) is 14.8 Å². The molecule has 1 aromatic heterocycles. The van der Waals surface area contributed by atoms with E-state index in [1.165, 1.54) is 9.47 Å². The number of carbonyl (C=O) groups is 2. The number of benzene rings is 1. The summed E-state index contributed by atoms with van der Waals surface area (Å²) in [5.41, 5.74) is -2.58. The lowest BCUT2D eigenvalue weighted by molar-refractivity contribution is -0.0725. The van der Waals surface area contributed by atoms with Crippen LogP contribution in [-0.4, -0.2) is 56.5 Å². The minimum Gasteiger partial charge on any atom is -0.503 e. The molecule has 3 aliphatic rings. The molecule has 0 saturated carbocycles. The summed E-state index contributed by atoms with van der Waals surface area (Å²) in [4.78, 5) is 46.0. The van der Waals surface area contributed by atoms with Gasteiger partial charge in [-0.1, -0.05) is 11.2 Å². The van der Waals surface area contributed by atoms with Crippen LogP contribution in [0.25, 0.3) is 0 Å². The van der Waals surface area contributed by atoms with Crippen LogP contribution >= 0.6 is 0 Å². The first kappa shape index (κ1) is 23.9. The van der Waals surface area contributed by atoms with Gasteiger partial charge in [-0.3, -0.25) is 14.4 Å². The first-order valence-electron chi connectivity index (χ1n) is 11.4. The Hall–Kier alpha value is -3.83. The van der Waals surface area contributed by atoms with Gasteiger partial charge in [0.05, 0.1) is 17.8 Å². The fraction of sp³-hybridized carbons (Fsp3) is 0.417. The molecule has 5 rings (SSSR count). The number of fused-ring (bicyclic) bond motifs is 5. The first-order valence-corrected chi connectivity index (χ1v) is 11.4. The van der Waals surface area contributed by atoms with E-state index in [1.807, 2.05) is 0 Å². The van der Waals surface area contributed by atoms with Crippen LogP contribution in [0.4, 0.5) is 13.2 Å². The topological polar surface area (TPSA) is 113 Å². The zero-order valence-corrected chi connectivity index (χ0v) is 19.4. The first-order chi connectivity index (χ1) is 17.0. The summed E-state index contributed by atoms with van der Waals surface area (Å²) in [6.45, 7) is 2.92. The molecule has 4 atom stereocenters. The molecule has 0 unspecified atom stereocenters. The quantitative estimate of drug-likeness (QED) is 0.667. The van der Waals surface area contributed by atoms with Crippen molar-refractivity contribution in [3.05, 3.63) is 63.1 Å². The zero-order chi connectivity index (χ0) is 25.9. The van der Waals surface area contributed by atoms with E-state index in [2.05, 4.69) is 10.5 Å². The highest BCUT2D eigenvalue weighted by atomic mass is 19.1. The van der Waals surface area contributed by atoms with Crippen molar-refractivity contribution in [3.63, 3.8) is 0 Å². The van der Waals surface area contributed by atoms with Crippen LogP contribution in [0.2, 0.25) is 0 Å². The lowest BCUT2D eigenvalue weighted by atomic mass is 9.83. The smallest absolute Gasteiger partial charge is 0.274 e. The van der Waals surface area contributed by atoms with E-state index in [-0.39, 0.29) is 37.2 Å². The van der Waals surface area contributed by atoms with Crippen LogP contribution in [0.1, 0.15) is 59.1 Å². The highest BCUT2D eigenvalue weighted by Gasteiger charge is 2.56. The van der Waals surface area contributed by atoms with E-state index < -0.39 is 64.0 Å². The third-order valence-electron chi connectivity index (χ3n) is 7.18. The van der Waals surface area contributed by atoms with Crippen LogP contribution in [0.3, 0.4) is 0 Å². The number of nitrogens with zero attached hydrogens (tertiary/aromatic N) is 3. The normalized spacial score (nSPS) is 26.8. The number of pyridine rings is 1. The number of aromatic nitrogens is 1. The van der Waals surface area contributed by atoms with Gasteiger partial charge in [0.25, 0.3) is 11.8 Å². The molecule has 1 saturated heterocycles.